The van der Waals surface area contributed by atoms with Gasteiger partial charge in [-0.2, -0.15) is 17.7 Å². The van der Waals surface area contributed by atoms with Crippen LogP contribution in [0, 0.1) is 6.92 Å². The first-order valence-electron chi connectivity index (χ1n) is 6.27. The van der Waals surface area contributed by atoms with E-state index in [1.165, 1.54) is 12.1 Å². The minimum atomic E-state index is -4.42. The van der Waals surface area contributed by atoms with E-state index in [9.17, 15) is 18.0 Å². The maximum atomic E-state index is 12.6. The topological polar surface area (TPSA) is 33.0 Å². The molecule has 0 aliphatic carbocycles. The van der Waals surface area contributed by atoms with Crippen LogP contribution in [-0.2, 0) is 17.5 Å². The van der Waals surface area contributed by atoms with E-state index >= 15 is 0 Å². The SMILES string of the molecule is Cc1cc[n+](CC(=O)Nc2cccc(C(F)(F)F)c2)cc1. The number of aryl methyl sites for hydroxylation is 1. The number of pyridine rings is 1. The van der Waals surface area contributed by atoms with E-state index in [2.05, 4.69) is 5.32 Å². The van der Waals surface area contributed by atoms with Gasteiger partial charge in [0, 0.05) is 17.8 Å². The Morgan fingerprint density at radius 3 is 2.48 bits per heavy atom. The highest BCUT2D eigenvalue weighted by Crippen LogP contribution is 2.30. The van der Waals surface area contributed by atoms with Gasteiger partial charge in [0.05, 0.1) is 5.56 Å². The highest BCUT2D eigenvalue weighted by Gasteiger charge is 2.30. The van der Waals surface area contributed by atoms with E-state index in [0.717, 1.165) is 17.7 Å². The van der Waals surface area contributed by atoms with Gasteiger partial charge in [0.15, 0.2) is 12.4 Å². The predicted molar refractivity (Wildman–Crippen MR) is 71.4 cm³/mol. The Morgan fingerprint density at radius 2 is 1.86 bits per heavy atom. The van der Waals surface area contributed by atoms with Crippen LogP contribution in [0.1, 0.15) is 11.1 Å². The Bertz CT molecular complexity index is 636. The van der Waals surface area contributed by atoms with Gasteiger partial charge < -0.3 is 5.32 Å². The molecular weight excluding hydrogens is 281 g/mol. The van der Waals surface area contributed by atoms with Crippen molar-refractivity contribution >= 4 is 11.6 Å². The van der Waals surface area contributed by atoms with Crippen molar-refractivity contribution < 1.29 is 22.5 Å². The van der Waals surface area contributed by atoms with Crippen LogP contribution in [0.2, 0.25) is 0 Å². The van der Waals surface area contributed by atoms with Crippen molar-refractivity contribution in [2.24, 2.45) is 0 Å². The Kier molecular flexibility index (Phi) is 4.26. The van der Waals surface area contributed by atoms with E-state index in [1.54, 1.807) is 17.0 Å². The average molecular weight is 295 g/mol. The van der Waals surface area contributed by atoms with Crippen molar-refractivity contribution in [3.05, 3.63) is 59.9 Å². The van der Waals surface area contributed by atoms with Gasteiger partial charge in [-0.05, 0) is 30.7 Å². The molecule has 2 rings (SSSR count). The Balaban J connectivity index is 2.04. The van der Waals surface area contributed by atoms with E-state index in [0.29, 0.717) is 0 Å². The molecule has 0 saturated heterocycles. The van der Waals surface area contributed by atoms with Crippen molar-refractivity contribution in [2.45, 2.75) is 19.6 Å². The first-order valence-corrected chi connectivity index (χ1v) is 6.27. The van der Waals surface area contributed by atoms with Gasteiger partial charge >= 0.3 is 6.18 Å². The van der Waals surface area contributed by atoms with Crippen molar-refractivity contribution in [3.63, 3.8) is 0 Å². The number of carbonyl (C=O) groups is 1. The molecule has 0 aliphatic rings. The minimum Gasteiger partial charge on any atom is -0.321 e. The van der Waals surface area contributed by atoms with E-state index in [4.69, 9.17) is 0 Å². The molecule has 1 N–H and O–H groups in total. The maximum Gasteiger partial charge on any atom is 0.416 e. The third-order valence-corrected chi connectivity index (χ3v) is 2.86. The number of amides is 1. The number of alkyl halides is 3. The summed E-state index contributed by atoms with van der Waals surface area (Å²) in [4.78, 5) is 11.8. The molecular formula is C15H14F3N2O+. The summed E-state index contributed by atoms with van der Waals surface area (Å²) in [5.41, 5.74) is 0.398. The first-order chi connectivity index (χ1) is 9.84. The van der Waals surface area contributed by atoms with Crippen molar-refractivity contribution in [2.75, 3.05) is 5.32 Å². The Morgan fingerprint density at radius 1 is 1.19 bits per heavy atom. The second-order valence-corrected chi connectivity index (χ2v) is 4.67. The fraction of sp³-hybridized carbons (Fsp3) is 0.200. The molecule has 0 aliphatic heterocycles. The monoisotopic (exact) mass is 295 g/mol. The average Bonchev–Trinajstić information content (AvgIpc) is 2.41. The van der Waals surface area contributed by atoms with Crippen LogP contribution in [0.4, 0.5) is 18.9 Å². The van der Waals surface area contributed by atoms with Crippen LogP contribution in [0.15, 0.2) is 48.8 Å². The summed E-state index contributed by atoms with van der Waals surface area (Å²) in [5.74, 6) is -0.386. The quantitative estimate of drug-likeness (QED) is 0.868. The standard InChI is InChI=1S/C15H13F3N2O/c1-11-5-7-20(8-6-11)10-14(21)19-13-4-2-3-12(9-13)15(16,17)18/h2-9H,10H2,1H3/p+1. The van der Waals surface area contributed by atoms with Gasteiger partial charge in [-0.15, -0.1) is 0 Å². The van der Waals surface area contributed by atoms with Crippen molar-refractivity contribution in [1.82, 2.24) is 0 Å². The number of nitrogens with one attached hydrogen (secondary N) is 1. The molecule has 0 atom stereocenters. The third-order valence-electron chi connectivity index (χ3n) is 2.86. The molecule has 0 saturated carbocycles. The molecule has 110 valence electrons. The van der Waals surface area contributed by atoms with Gasteiger partial charge in [-0.25, -0.2) is 0 Å². The Labute approximate surface area is 120 Å². The van der Waals surface area contributed by atoms with E-state index in [-0.39, 0.29) is 18.1 Å². The summed E-state index contributed by atoms with van der Waals surface area (Å²) in [6.45, 7) is 1.96. The van der Waals surface area contributed by atoms with Gasteiger partial charge in [-0.1, -0.05) is 6.07 Å². The molecule has 3 nitrogen and oxygen atoms in total. The molecule has 0 fully saturated rings. The molecule has 0 spiro atoms. The highest BCUT2D eigenvalue weighted by molar-refractivity contribution is 5.89. The lowest BCUT2D eigenvalue weighted by molar-refractivity contribution is -0.684. The summed E-state index contributed by atoms with van der Waals surface area (Å²) in [5, 5.41) is 2.46. The predicted octanol–water partition coefficient (Wildman–Crippen LogP) is 2.94. The number of halogens is 3. The number of nitrogens with zero attached hydrogens (tertiary/aromatic N) is 1. The van der Waals surface area contributed by atoms with E-state index < -0.39 is 11.7 Å². The number of benzene rings is 1. The molecule has 1 aromatic carbocycles. The molecule has 1 heterocycles. The van der Waals surface area contributed by atoms with Crippen LogP contribution >= 0.6 is 0 Å². The molecule has 21 heavy (non-hydrogen) atoms. The lowest BCUT2D eigenvalue weighted by atomic mass is 10.2. The Hall–Kier alpha value is -2.37. The zero-order valence-electron chi connectivity index (χ0n) is 11.3. The normalized spacial score (nSPS) is 11.2. The van der Waals surface area contributed by atoms with E-state index in [1.807, 2.05) is 19.1 Å². The number of aromatic nitrogens is 1. The zero-order valence-corrected chi connectivity index (χ0v) is 11.3. The second kappa shape index (κ2) is 5.95. The first kappa shape index (κ1) is 15.0. The summed E-state index contributed by atoms with van der Waals surface area (Å²) >= 11 is 0. The summed E-state index contributed by atoms with van der Waals surface area (Å²) in [6, 6.07) is 8.25. The summed E-state index contributed by atoms with van der Waals surface area (Å²) in [7, 11) is 0. The molecule has 0 bridgehead atoms. The molecule has 1 aromatic heterocycles. The molecule has 1 amide bonds. The largest absolute Gasteiger partial charge is 0.416 e. The lowest BCUT2D eigenvalue weighted by Gasteiger charge is -2.09. The van der Waals surface area contributed by atoms with Crippen LogP contribution in [0.3, 0.4) is 0 Å². The fourth-order valence-corrected chi connectivity index (χ4v) is 1.78. The third kappa shape index (κ3) is 4.30. The number of rotatable bonds is 3. The smallest absolute Gasteiger partial charge is 0.321 e. The van der Waals surface area contributed by atoms with Crippen LogP contribution in [0.5, 0.6) is 0 Å². The molecule has 0 unspecified atom stereocenters. The van der Waals surface area contributed by atoms with Crippen LogP contribution < -0.4 is 9.88 Å². The van der Waals surface area contributed by atoms with Gasteiger partial charge in [-0.3, -0.25) is 4.79 Å². The zero-order chi connectivity index (χ0) is 15.5. The van der Waals surface area contributed by atoms with Crippen molar-refractivity contribution in [1.29, 1.82) is 0 Å². The molecule has 6 heteroatoms. The molecule has 0 radical (unpaired) electrons. The number of carbonyl (C=O) groups excluding carboxylic acids is 1. The number of hydrogen-bond acceptors (Lipinski definition) is 1. The highest BCUT2D eigenvalue weighted by atomic mass is 19.4. The van der Waals surface area contributed by atoms with Gasteiger partial charge in [0.2, 0.25) is 6.54 Å². The fourth-order valence-electron chi connectivity index (χ4n) is 1.78. The van der Waals surface area contributed by atoms with Crippen molar-refractivity contribution in [3.8, 4) is 0 Å². The summed E-state index contributed by atoms with van der Waals surface area (Å²) < 4.78 is 39.4. The maximum absolute atomic E-state index is 12.6. The minimum absolute atomic E-state index is 0.0382. The van der Waals surface area contributed by atoms with Crippen LogP contribution in [0.25, 0.3) is 0 Å². The molecule has 2 aromatic rings. The van der Waals surface area contributed by atoms with Gasteiger partial charge in [0.1, 0.15) is 0 Å². The number of hydrogen-bond donors (Lipinski definition) is 1. The lowest BCUT2D eigenvalue weighted by Crippen LogP contribution is -2.39. The second-order valence-electron chi connectivity index (χ2n) is 4.67. The van der Waals surface area contributed by atoms with Crippen LogP contribution in [-0.4, -0.2) is 5.91 Å². The number of anilines is 1. The van der Waals surface area contributed by atoms with Gasteiger partial charge in [0.25, 0.3) is 5.91 Å². The summed E-state index contributed by atoms with van der Waals surface area (Å²) in [6.07, 6.45) is -0.950.